The first-order valence-corrected chi connectivity index (χ1v) is 12.0. The molecule has 0 aromatic carbocycles. The van der Waals surface area contributed by atoms with Gasteiger partial charge in [-0.15, -0.1) is 0 Å². The van der Waals surface area contributed by atoms with E-state index in [1.807, 2.05) is 34.0 Å². The summed E-state index contributed by atoms with van der Waals surface area (Å²) in [5.74, 6) is 2.17. The van der Waals surface area contributed by atoms with Crippen LogP contribution in [0.5, 0.6) is 0 Å². The zero-order valence-electron chi connectivity index (χ0n) is 16.6. The van der Waals surface area contributed by atoms with Gasteiger partial charge in [-0.05, 0) is 38.9 Å². The first-order chi connectivity index (χ1) is 12.0. The van der Waals surface area contributed by atoms with E-state index in [0.717, 1.165) is 37.5 Å². The predicted molar refractivity (Wildman–Crippen MR) is 105 cm³/mol. The van der Waals surface area contributed by atoms with E-state index >= 15 is 0 Å². The average Bonchev–Trinajstić information content (AvgIpc) is 3.04. The molecule has 26 heavy (non-hydrogen) atoms. The zero-order valence-corrected chi connectivity index (χ0v) is 17.4. The molecule has 1 aromatic rings. The first kappa shape index (κ1) is 19.7. The Bertz CT molecular complexity index is 774. The standard InChI is InChI=1S/C19H32N2O4S/c1-18(2,13-22)15-10-17(25-21-15)20-16-12-26(5,23,19(16,3)4)11-14-6-8-24-9-7-14/h10,14,22H,6-9,11-13H2,1-5H3. The van der Waals surface area contributed by atoms with Crippen LogP contribution in [0.25, 0.3) is 0 Å². The van der Waals surface area contributed by atoms with Gasteiger partial charge >= 0.3 is 0 Å². The molecule has 0 saturated carbocycles. The van der Waals surface area contributed by atoms with Gasteiger partial charge in [-0.1, -0.05) is 28.1 Å². The zero-order chi connectivity index (χ0) is 19.2. The maximum atomic E-state index is 14.0. The lowest BCUT2D eigenvalue weighted by Crippen LogP contribution is -2.73. The molecule has 1 N–H and O–H groups in total. The van der Waals surface area contributed by atoms with E-state index in [0.29, 0.717) is 23.2 Å². The Kier molecular flexibility index (Phi) is 4.73. The highest BCUT2D eigenvalue weighted by Crippen LogP contribution is 2.51. The number of nitrogens with zero attached hydrogens (tertiary/aromatic N) is 2. The molecule has 0 aliphatic carbocycles. The molecule has 0 atom stereocenters. The van der Waals surface area contributed by atoms with Crippen LogP contribution in [0.4, 0.5) is 5.88 Å². The van der Waals surface area contributed by atoms with Crippen LogP contribution in [0.2, 0.25) is 0 Å². The molecule has 2 aliphatic heterocycles. The molecule has 3 rings (SSSR count). The number of aliphatic hydroxyl groups excluding tert-OH is 1. The van der Waals surface area contributed by atoms with Crippen molar-refractivity contribution < 1.29 is 18.6 Å². The molecular formula is C19H32N2O4S. The molecule has 0 spiro atoms. The minimum atomic E-state index is -2.81. The monoisotopic (exact) mass is 384 g/mol. The second-order valence-corrected chi connectivity index (χ2v) is 14.5. The molecule has 148 valence electrons. The van der Waals surface area contributed by atoms with E-state index in [1.165, 1.54) is 0 Å². The Labute approximate surface area is 155 Å². The molecule has 3 heterocycles. The van der Waals surface area contributed by atoms with Crippen LogP contribution >= 0.6 is 0 Å². The van der Waals surface area contributed by atoms with Gasteiger partial charge < -0.3 is 14.4 Å². The van der Waals surface area contributed by atoms with Gasteiger partial charge in [0.25, 0.3) is 5.88 Å². The van der Waals surface area contributed by atoms with Crippen molar-refractivity contribution in [1.82, 2.24) is 5.16 Å². The lowest BCUT2D eigenvalue weighted by molar-refractivity contribution is 0.0722. The van der Waals surface area contributed by atoms with E-state index in [9.17, 15) is 9.32 Å². The van der Waals surface area contributed by atoms with Gasteiger partial charge in [-0.3, -0.25) is 4.21 Å². The van der Waals surface area contributed by atoms with Crippen LogP contribution in [-0.2, 0) is 19.2 Å². The second kappa shape index (κ2) is 6.24. The summed E-state index contributed by atoms with van der Waals surface area (Å²) in [5.41, 5.74) is 1.11. The minimum Gasteiger partial charge on any atom is -0.395 e. The molecule has 2 saturated heterocycles. The van der Waals surface area contributed by atoms with Crippen molar-refractivity contribution in [2.75, 3.05) is 37.6 Å². The summed E-state index contributed by atoms with van der Waals surface area (Å²) in [6, 6.07) is 1.77. The third-order valence-corrected chi connectivity index (χ3v) is 12.0. The Morgan fingerprint density at radius 1 is 1.38 bits per heavy atom. The summed E-state index contributed by atoms with van der Waals surface area (Å²) in [5, 5.41) is 13.5. The Hall–Kier alpha value is -1.05. The van der Waals surface area contributed by atoms with Crippen LogP contribution in [0.1, 0.15) is 46.2 Å². The molecule has 7 heteroatoms. The van der Waals surface area contributed by atoms with E-state index in [4.69, 9.17) is 9.26 Å². The minimum absolute atomic E-state index is 0.0167. The van der Waals surface area contributed by atoms with Gasteiger partial charge in [0.05, 0.1) is 17.0 Å². The van der Waals surface area contributed by atoms with Gasteiger partial charge in [-0.25, -0.2) is 4.99 Å². The van der Waals surface area contributed by atoms with E-state index in [2.05, 4.69) is 10.1 Å². The summed E-state index contributed by atoms with van der Waals surface area (Å²) < 4.78 is 24.3. The summed E-state index contributed by atoms with van der Waals surface area (Å²) in [4.78, 5) is 4.63. The van der Waals surface area contributed by atoms with Crippen LogP contribution in [0.3, 0.4) is 0 Å². The second-order valence-electron chi connectivity index (χ2n) is 9.29. The lowest BCUT2D eigenvalue weighted by atomic mass is 9.91. The molecule has 0 unspecified atom stereocenters. The number of ether oxygens (including phenoxy) is 1. The number of aromatic nitrogens is 1. The fourth-order valence-corrected chi connectivity index (χ4v) is 7.92. The summed E-state index contributed by atoms with van der Waals surface area (Å²) >= 11 is 0. The molecule has 2 aliphatic rings. The molecule has 0 bridgehead atoms. The van der Waals surface area contributed by atoms with Crippen molar-refractivity contribution >= 4 is 20.7 Å². The van der Waals surface area contributed by atoms with Crippen molar-refractivity contribution in [3.63, 3.8) is 0 Å². The van der Waals surface area contributed by atoms with Gasteiger partial charge in [0, 0.05) is 41.9 Å². The quantitative estimate of drug-likeness (QED) is 0.844. The van der Waals surface area contributed by atoms with Gasteiger partial charge in [0.15, 0.2) is 0 Å². The summed E-state index contributed by atoms with van der Waals surface area (Å²) in [6.07, 6.45) is 3.95. The predicted octanol–water partition coefficient (Wildman–Crippen LogP) is 2.69. The number of hydrogen-bond donors (Lipinski definition) is 1. The first-order valence-electron chi connectivity index (χ1n) is 9.32. The Morgan fingerprint density at radius 2 is 2.04 bits per heavy atom. The average molecular weight is 385 g/mol. The molecular weight excluding hydrogens is 352 g/mol. The van der Waals surface area contributed by atoms with Crippen LogP contribution < -0.4 is 0 Å². The lowest BCUT2D eigenvalue weighted by Gasteiger charge is -2.62. The Balaban J connectivity index is 1.79. The fourth-order valence-electron chi connectivity index (χ4n) is 3.78. The number of rotatable bonds is 5. The van der Waals surface area contributed by atoms with Gasteiger partial charge in [0.2, 0.25) is 0 Å². The fraction of sp³-hybridized carbons (Fsp3) is 0.789. The smallest absolute Gasteiger partial charge is 0.250 e. The summed E-state index contributed by atoms with van der Waals surface area (Å²) in [6.45, 7) is 9.41. The number of aliphatic hydroxyl groups is 1. The molecule has 2 fully saturated rings. The molecule has 6 nitrogen and oxygen atoms in total. The SMILES string of the molecule is CC(C)(CO)c1cc(N=C2CS(C)(=O)(CC3CCOCC3)C2(C)C)on1. The third kappa shape index (κ3) is 3.18. The number of aliphatic imine (C=N–C) groups is 1. The normalized spacial score (nSPS) is 28.2. The van der Waals surface area contributed by atoms with Crippen LogP contribution in [0, 0.1) is 5.92 Å². The largest absolute Gasteiger partial charge is 0.395 e. The highest BCUT2D eigenvalue weighted by molar-refractivity contribution is 8.23. The van der Waals surface area contributed by atoms with Crippen molar-refractivity contribution in [2.45, 2.75) is 50.7 Å². The van der Waals surface area contributed by atoms with Gasteiger partial charge in [0.1, 0.15) is 0 Å². The summed E-state index contributed by atoms with van der Waals surface area (Å²) in [7, 11) is -2.81. The van der Waals surface area contributed by atoms with Crippen LogP contribution in [-0.4, -0.2) is 62.5 Å². The van der Waals surface area contributed by atoms with Crippen molar-refractivity contribution in [3.05, 3.63) is 11.8 Å². The third-order valence-electron chi connectivity index (χ3n) is 6.49. The van der Waals surface area contributed by atoms with Gasteiger partial charge in [-0.2, -0.15) is 0 Å². The van der Waals surface area contributed by atoms with Crippen LogP contribution in [0.15, 0.2) is 15.6 Å². The number of hydrogen-bond acceptors (Lipinski definition) is 6. The van der Waals surface area contributed by atoms with E-state index in [1.54, 1.807) is 6.07 Å². The molecule has 0 amide bonds. The molecule has 0 radical (unpaired) electrons. The highest BCUT2D eigenvalue weighted by atomic mass is 32.3. The van der Waals surface area contributed by atoms with E-state index < -0.39 is 19.2 Å². The maximum absolute atomic E-state index is 14.0. The van der Waals surface area contributed by atoms with Crippen molar-refractivity contribution in [1.29, 1.82) is 0 Å². The highest BCUT2D eigenvalue weighted by Gasteiger charge is 2.60. The van der Waals surface area contributed by atoms with Crippen molar-refractivity contribution in [2.24, 2.45) is 10.9 Å². The topological polar surface area (TPSA) is 84.9 Å². The van der Waals surface area contributed by atoms with Crippen molar-refractivity contribution in [3.8, 4) is 0 Å². The maximum Gasteiger partial charge on any atom is 0.250 e. The molecule has 1 aromatic heterocycles. The Morgan fingerprint density at radius 3 is 2.62 bits per heavy atom. The van der Waals surface area contributed by atoms with E-state index in [-0.39, 0.29) is 6.61 Å².